The number of halogens is 6. The molecule has 0 aliphatic rings. The maximum atomic E-state index is 13.3. The normalized spacial score (nSPS) is 13.3. The van der Waals surface area contributed by atoms with Crippen LogP contribution in [0.5, 0.6) is 11.5 Å². The van der Waals surface area contributed by atoms with Gasteiger partial charge in [-0.3, -0.25) is 8.57 Å². The van der Waals surface area contributed by atoms with Crippen LogP contribution >= 0.6 is 0 Å². The lowest BCUT2D eigenvalue weighted by Crippen LogP contribution is -2.24. The first-order chi connectivity index (χ1) is 19.0. The lowest BCUT2D eigenvalue weighted by Gasteiger charge is -2.12. The van der Waals surface area contributed by atoms with Crippen LogP contribution in [0, 0.1) is 0 Å². The zero-order valence-electron chi connectivity index (χ0n) is 20.6. The molecule has 0 aliphatic heterocycles. The van der Waals surface area contributed by atoms with Gasteiger partial charge in [0.2, 0.25) is 0 Å². The van der Waals surface area contributed by atoms with Crippen molar-refractivity contribution < 1.29 is 61.2 Å². The van der Waals surface area contributed by atoms with E-state index in [-0.39, 0.29) is 41.9 Å². The quantitative estimate of drug-likeness (QED) is 0.123. The zero-order chi connectivity index (χ0) is 30.9. The Hall–Kier alpha value is -4.06. The number of hydrogen-bond acceptors (Lipinski definition) is 10. The maximum absolute atomic E-state index is 13.3. The Morgan fingerprint density at radius 1 is 0.659 bits per heavy atom. The van der Waals surface area contributed by atoms with Gasteiger partial charge in [0.15, 0.2) is 11.4 Å². The molecule has 0 heterocycles. The number of alkyl halides is 6. The Bertz CT molecular complexity index is 1370. The SMILES string of the molecule is C=CS(=O)(=O)ON=C(c1ccc(OCCCOc2ccc(C(=NOS(=O)(=O)C=C)C(F)(F)F)cc2)cc1)C(F)(F)F. The molecule has 0 atom stereocenters. The molecule has 0 aromatic heterocycles. The number of rotatable bonds is 14. The molecule has 2 aromatic carbocycles. The van der Waals surface area contributed by atoms with Crippen LogP contribution in [0.2, 0.25) is 0 Å². The fourth-order valence-electron chi connectivity index (χ4n) is 2.63. The van der Waals surface area contributed by atoms with Gasteiger partial charge in [-0.15, -0.1) is 0 Å². The Morgan fingerprint density at radius 3 is 1.24 bits per heavy atom. The molecule has 0 aliphatic carbocycles. The van der Waals surface area contributed by atoms with E-state index < -0.39 is 55.1 Å². The van der Waals surface area contributed by atoms with Crippen LogP contribution in [-0.4, -0.2) is 53.8 Å². The topological polar surface area (TPSA) is 130 Å². The van der Waals surface area contributed by atoms with Crippen LogP contribution in [0.4, 0.5) is 26.3 Å². The molecule has 0 saturated carbocycles. The van der Waals surface area contributed by atoms with Gasteiger partial charge in [-0.05, 0) is 48.5 Å². The summed E-state index contributed by atoms with van der Waals surface area (Å²) in [6, 6.07) is 8.67. The summed E-state index contributed by atoms with van der Waals surface area (Å²) in [5, 5.41) is 5.94. The fraction of sp³-hybridized carbons (Fsp3) is 0.217. The van der Waals surface area contributed by atoms with E-state index in [1.165, 1.54) is 24.3 Å². The van der Waals surface area contributed by atoms with Crippen LogP contribution in [0.1, 0.15) is 17.5 Å². The van der Waals surface area contributed by atoms with Crippen LogP contribution in [-0.2, 0) is 28.8 Å². The highest BCUT2D eigenvalue weighted by atomic mass is 32.2. The van der Waals surface area contributed by atoms with Gasteiger partial charge in [-0.1, -0.05) is 23.5 Å². The number of hydrogen-bond donors (Lipinski definition) is 0. The van der Waals surface area contributed by atoms with E-state index in [2.05, 4.69) is 32.0 Å². The van der Waals surface area contributed by atoms with Gasteiger partial charge in [-0.2, -0.15) is 43.2 Å². The van der Waals surface area contributed by atoms with E-state index in [0.717, 1.165) is 24.3 Å². The molecule has 18 heteroatoms. The van der Waals surface area contributed by atoms with Gasteiger partial charge in [0, 0.05) is 17.5 Å². The first kappa shape index (κ1) is 33.1. The first-order valence-electron chi connectivity index (χ1n) is 10.9. The van der Waals surface area contributed by atoms with Crippen molar-refractivity contribution in [2.45, 2.75) is 18.8 Å². The molecule has 224 valence electrons. The smallest absolute Gasteiger partial charge is 0.437 e. The molecular weight excluding hydrogens is 610 g/mol. The predicted molar refractivity (Wildman–Crippen MR) is 134 cm³/mol. The Kier molecular flexibility index (Phi) is 10.9. The third kappa shape index (κ3) is 10.8. The highest BCUT2D eigenvalue weighted by molar-refractivity contribution is 7.89. The first-order valence-corrected chi connectivity index (χ1v) is 13.8. The van der Waals surface area contributed by atoms with Crippen molar-refractivity contribution in [2.24, 2.45) is 10.3 Å². The second-order valence-corrected chi connectivity index (χ2v) is 10.4. The highest BCUT2D eigenvalue weighted by Crippen LogP contribution is 2.26. The Balaban J connectivity index is 1.94. The van der Waals surface area contributed by atoms with Crippen molar-refractivity contribution >= 4 is 31.7 Å². The fourth-order valence-corrected chi connectivity index (χ4v) is 3.11. The van der Waals surface area contributed by atoms with Crippen molar-refractivity contribution in [3.8, 4) is 11.5 Å². The Morgan fingerprint density at radius 2 is 0.976 bits per heavy atom. The summed E-state index contributed by atoms with van der Waals surface area (Å²) in [6.45, 7) is 5.87. The molecular formula is C23H20F6N2O8S2. The summed E-state index contributed by atoms with van der Waals surface area (Å²) >= 11 is 0. The highest BCUT2D eigenvalue weighted by Gasteiger charge is 2.39. The Labute approximate surface area is 230 Å². The summed E-state index contributed by atoms with van der Waals surface area (Å²) in [7, 11) is -8.98. The van der Waals surface area contributed by atoms with Crippen LogP contribution in [0.15, 0.2) is 82.8 Å². The molecule has 10 nitrogen and oxygen atoms in total. The minimum atomic E-state index is -5.03. The van der Waals surface area contributed by atoms with Gasteiger partial charge < -0.3 is 9.47 Å². The maximum Gasteiger partial charge on any atom is 0.437 e. The van der Waals surface area contributed by atoms with E-state index in [0.29, 0.717) is 0 Å². The minimum Gasteiger partial charge on any atom is -0.493 e. The molecule has 0 N–H and O–H groups in total. The molecule has 0 spiro atoms. The molecule has 0 radical (unpaired) electrons. The zero-order valence-corrected chi connectivity index (χ0v) is 22.2. The number of nitrogens with zero attached hydrogens (tertiary/aromatic N) is 2. The second kappa shape index (κ2) is 13.5. The number of benzene rings is 2. The average Bonchev–Trinajstić information content (AvgIpc) is 2.88. The van der Waals surface area contributed by atoms with Crippen molar-refractivity contribution in [3.63, 3.8) is 0 Å². The van der Waals surface area contributed by atoms with Crippen molar-refractivity contribution in [1.29, 1.82) is 0 Å². The molecule has 2 aromatic rings. The number of ether oxygens (including phenoxy) is 2. The summed E-state index contributed by atoms with van der Waals surface area (Å²) in [4.78, 5) is 0. The van der Waals surface area contributed by atoms with E-state index in [1.54, 1.807) is 0 Å². The standard InChI is InChI=1S/C23H20F6N2O8S2/c1-3-40(32,33)38-30-20(22(24,25)26)16-6-10-18(11-7-16)36-14-5-15-37-19-12-8-17(9-13-19)21(23(27,28)29)31-39-41(34,35)4-2/h3-4,6-13H,1-2,5,14-15H2. The minimum absolute atomic E-state index is 0.0400. The van der Waals surface area contributed by atoms with Crippen LogP contribution < -0.4 is 9.47 Å². The summed E-state index contributed by atoms with van der Waals surface area (Å²) < 4.78 is 143. The van der Waals surface area contributed by atoms with Gasteiger partial charge in [0.05, 0.1) is 24.0 Å². The third-order valence-corrected chi connectivity index (χ3v) is 5.87. The van der Waals surface area contributed by atoms with Crippen LogP contribution in [0.25, 0.3) is 0 Å². The lowest BCUT2D eigenvalue weighted by molar-refractivity contribution is -0.0606. The van der Waals surface area contributed by atoms with Crippen LogP contribution in [0.3, 0.4) is 0 Å². The average molecular weight is 631 g/mol. The second-order valence-electron chi connectivity index (χ2n) is 7.44. The summed E-state index contributed by atoms with van der Waals surface area (Å²) in [5.74, 6) is 0.331. The molecule has 0 bridgehead atoms. The van der Waals surface area contributed by atoms with E-state index in [1.807, 2.05) is 0 Å². The summed E-state index contributed by atoms with van der Waals surface area (Å²) in [6.07, 6.45) is -9.81. The summed E-state index contributed by atoms with van der Waals surface area (Å²) in [5.41, 5.74) is -4.19. The largest absolute Gasteiger partial charge is 0.493 e. The molecule has 0 fully saturated rings. The van der Waals surface area contributed by atoms with E-state index >= 15 is 0 Å². The monoisotopic (exact) mass is 630 g/mol. The predicted octanol–water partition coefficient (Wildman–Crippen LogP) is 5.05. The van der Waals surface area contributed by atoms with Crippen molar-refractivity contribution in [1.82, 2.24) is 0 Å². The van der Waals surface area contributed by atoms with E-state index in [4.69, 9.17) is 9.47 Å². The molecule has 0 amide bonds. The van der Waals surface area contributed by atoms with Crippen molar-refractivity contribution in [2.75, 3.05) is 13.2 Å². The van der Waals surface area contributed by atoms with Gasteiger partial charge in [-0.25, -0.2) is 0 Å². The van der Waals surface area contributed by atoms with Gasteiger partial charge in [0.25, 0.3) is 0 Å². The van der Waals surface area contributed by atoms with E-state index in [9.17, 15) is 43.2 Å². The van der Waals surface area contributed by atoms with Gasteiger partial charge >= 0.3 is 32.6 Å². The van der Waals surface area contributed by atoms with Gasteiger partial charge in [0.1, 0.15) is 11.5 Å². The third-order valence-electron chi connectivity index (χ3n) is 4.49. The number of oxime groups is 2. The molecule has 2 rings (SSSR count). The molecule has 0 saturated heterocycles. The molecule has 41 heavy (non-hydrogen) atoms. The molecule has 0 unspecified atom stereocenters. The lowest BCUT2D eigenvalue weighted by atomic mass is 10.1. The van der Waals surface area contributed by atoms with Crippen molar-refractivity contribution in [3.05, 3.63) is 83.6 Å².